The van der Waals surface area contributed by atoms with Crippen LogP contribution in [-0.4, -0.2) is 14.9 Å². The molecule has 7 nitrogen and oxygen atoms in total. The molecule has 3 rings (SSSR count). The van der Waals surface area contributed by atoms with Gasteiger partial charge < -0.3 is 10.6 Å². The normalized spacial score (nSPS) is 10.4. The van der Waals surface area contributed by atoms with Gasteiger partial charge in [0, 0.05) is 17.3 Å². The molecule has 0 aliphatic carbocycles. The number of aryl methyl sites for hydroxylation is 1. The zero-order valence-corrected chi connectivity index (χ0v) is 15.4. The molecule has 27 heavy (non-hydrogen) atoms. The van der Waals surface area contributed by atoms with Gasteiger partial charge in [0.15, 0.2) is 0 Å². The minimum atomic E-state index is -0.493. The Morgan fingerprint density at radius 2 is 1.63 bits per heavy atom. The maximum Gasteiger partial charge on any atom is 0.353 e. The second-order valence-electron chi connectivity index (χ2n) is 5.83. The summed E-state index contributed by atoms with van der Waals surface area (Å²) >= 11 is 5.87. The Hall–Kier alpha value is -3.19. The number of nitrogens with zero attached hydrogens (tertiary/aromatic N) is 3. The first-order valence-corrected chi connectivity index (χ1v) is 8.78. The van der Waals surface area contributed by atoms with Crippen molar-refractivity contribution in [2.45, 2.75) is 19.9 Å². The molecule has 0 bridgehead atoms. The first-order valence-electron chi connectivity index (χ1n) is 8.40. The molecule has 0 unspecified atom stereocenters. The van der Waals surface area contributed by atoms with E-state index in [1.807, 2.05) is 36.4 Å². The van der Waals surface area contributed by atoms with Crippen molar-refractivity contribution in [1.29, 1.82) is 0 Å². The minimum Gasteiger partial charge on any atom is -0.360 e. The molecule has 1 aromatic heterocycles. The van der Waals surface area contributed by atoms with E-state index >= 15 is 0 Å². The molecular formula is C19H18ClN5O2. The summed E-state index contributed by atoms with van der Waals surface area (Å²) in [4.78, 5) is 19.2. The molecule has 8 heteroatoms. The van der Waals surface area contributed by atoms with Crippen LogP contribution in [-0.2, 0) is 13.0 Å². The number of rotatable bonds is 7. The number of hydrogen-bond acceptors (Lipinski definition) is 6. The molecular weight excluding hydrogens is 366 g/mol. The van der Waals surface area contributed by atoms with E-state index in [0.29, 0.717) is 11.6 Å². The van der Waals surface area contributed by atoms with Gasteiger partial charge >= 0.3 is 5.69 Å². The summed E-state index contributed by atoms with van der Waals surface area (Å²) in [7, 11) is 0. The number of benzene rings is 2. The van der Waals surface area contributed by atoms with Crippen molar-refractivity contribution in [2.75, 3.05) is 10.6 Å². The molecule has 0 saturated carbocycles. The van der Waals surface area contributed by atoms with Crippen LogP contribution in [0.3, 0.4) is 0 Å². The summed E-state index contributed by atoms with van der Waals surface area (Å²) < 4.78 is 0. The Morgan fingerprint density at radius 3 is 2.26 bits per heavy atom. The largest absolute Gasteiger partial charge is 0.360 e. The Bertz CT molecular complexity index is 930. The summed E-state index contributed by atoms with van der Waals surface area (Å²) in [5.41, 5.74) is 2.63. The summed E-state index contributed by atoms with van der Waals surface area (Å²) in [6.45, 7) is 2.44. The smallest absolute Gasteiger partial charge is 0.353 e. The van der Waals surface area contributed by atoms with E-state index in [1.54, 1.807) is 12.1 Å². The quantitative estimate of drug-likeness (QED) is 0.442. The molecule has 2 aromatic carbocycles. The lowest BCUT2D eigenvalue weighted by molar-refractivity contribution is -0.383. The maximum atomic E-state index is 11.6. The van der Waals surface area contributed by atoms with Gasteiger partial charge in [-0.25, -0.2) is 9.97 Å². The van der Waals surface area contributed by atoms with E-state index in [0.717, 1.165) is 17.7 Å². The number of anilines is 3. The van der Waals surface area contributed by atoms with E-state index < -0.39 is 4.92 Å². The standard InChI is InChI=1S/C19H18ClN5O2/c1-2-13-5-9-16(10-6-13)24-19-17(25(26)27)18(22-12-23-19)21-11-14-3-7-15(20)8-4-14/h3-10,12H,2,11H2,1H3,(H2,21,22,23,24). The molecule has 0 saturated heterocycles. The number of halogens is 1. The molecule has 0 amide bonds. The van der Waals surface area contributed by atoms with Crippen molar-refractivity contribution in [2.24, 2.45) is 0 Å². The van der Waals surface area contributed by atoms with Crippen molar-refractivity contribution in [3.8, 4) is 0 Å². The Balaban J connectivity index is 1.83. The Labute approximate surface area is 161 Å². The van der Waals surface area contributed by atoms with Crippen LogP contribution in [0.25, 0.3) is 0 Å². The van der Waals surface area contributed by atoms with E-state index in [1.165, 1.54) is 11.9 Å². The summed E-state index contributed by atoms with van der Waals surface area (Å²) in [6, 6.07) is 14.9. The Morgan fingerprint density at radius 1 is 1.00 bits per heavy atom. The summed E-state index contributed by atoms with van der Waals surface area (Å²) in [5.74, 6) is 0.287. The van der Waals surface area contributed by atoms with Gasteiger partial charge in [-0.05, 0) is 41.8 Å². The maximum absolute atomic E-state index is 11.6. The molecule has 0 aliphatic rings. The van der Waals surface area contributed by atoms with Gasteiger partial charge in [-0.3, -0.25) is 10.1 Å². The Kier molecular flexibility index (Phi) is 5.83. The molecule has 0 radical (unpaired) electrons. The second kappa shape index (κ2) is 8.46. The molecule has 0 aliphatic heterocycles. The number of hydrogen-bond donors (Lipinski definition) is 2. The average molecular weight is 384 g/mol. The number of aromatic nitrogens is 2. The van der Waals surface area contributed by atoms with Crippen molar-refractivity contribution in [1.82, 2.24) is 9.97 Å². The summed E-state index contributed by atoms with van der Waals surface area (Å²) in [5, 5.41) is 18.2. The molecule has 3 aromatic rings. The lowest BCUT2D eigenvalue weighted by Crippen LogP contribution is -2.08. The van der Waals surface area contributed by atoms with Gasteiger partial charge in [0.2, 0.25) is 11.6 Å². The van der Waals surface area contributed by atoms with Gasteiger partial charge in [0.05, 0.1) is 4.92 Å². The van der Waals surface area contributed by atoms with Crippen molar-refractivity contribution < 1.29 is 4.92 Å². The third-order valence-corrected chi connectivity index (χ3v) is 4.25. The van der Waals surface area contributed by atoms with Crippen LogP contribution in [0.15, 0.2) is 54.9 Å². The predicted octanol–water partition coefficient (Wildman–Crippen LogP) is 4.96. The fourth-order valence-corrected chi connectivity index (χ4v) is 2.65. The van der Waals surface area contributed by atoms with Crippen molar-refractivity contribution >= 4 is 34.6 Å². The number of nitro groups is 1. The highest BCUT2D eigenvalue weighted by molar-refractivity contribution is 6.30. The highest BCUT2D eigenvalue weighted by Crippen LogP contribution is 2.31. The fourth-order valence-electron chi connectivity index (χ4n) is 2.52. The average Bonchev–Trinajstić information content (AvgIpc) is 2.68. The minimum absolute atomic E-state index is 0.137. The second-order valence-corrected chi connectivity index (χ2v) is 6.27. The molecule has 2 N–H and O–H groups in total. The van der Waals surface area contributed by atoms with Gasteiger partial charge in [-0.15, -0.1) is 0 Å². The van der Waals surface area contributed by atoms with Crippen LogP contribution in [0.5, 0.6) is 0 Å². The van der Waals surface area contributed by atoms with Crippen LogP contribution in [0.2, 0.25) is 5.02 Å². The predicted molar refractivity (Wildman–Crippen MR) is 107 cm³/mol. The fraction of sp³-hybridized carbons (Fsp3) is 0.158. The van der Waals surface area contributed by atoms with Crippen molar-refractivity contribution in [3.05, 3.63) is 81.1 Å². The van der Waals surface area contributed by atoms with Crippen LogP contribution in [0, 0.1) is 10.1 Å². The third kappa shape index (κ3) is 4.71. The van der Waals surface area contributed by atoms with Crippen LogP contribution >= 0.6 is 11.6 Å². The lowest BCUT2D eigenvalue weighted by Gasteiger charge is -2.10. The van der Waals surface area contributed by atoms with Crippen molar-refractivity contribution in [3.63, 3.8) is 0 Å². The third-order valence-electron chi connectivity index (χ3n) is 4.00. The van der Waals surface area contributed by atoms with E-state index in [-0.39, 0.29) is 17.3 Å². The van der Waals surface area contributed by atoms with Gasteiger partial charge in [-0.2, -0.15) is 0 Å². The van der Waals surface area contributed by atoms with Crippen LogP contribution in [0.1, 0.15) is 18.1 Å². The molecule has 138 valence electrons. The first kappa shape index (κ1) is 18.6. The molecule has 1 heterocycles. The van der Waals surface area contributed by atoms with E-state index in [2.05, 4.69) is 27.5 Å². The van der Waals surface area contributed by atoms with Gasteiger partial charge in [-0.1, -0.05) is 42.8 Å². The summed E-state index contributed by atoms with van der Waals surface area (Å²) in [6.07, 6.45) is 2.21. The van der Waals surface area contributed by atoms with Crippen LogP contribution < -0.4 is 10.6 Å². The number of nitrogens with one attached hydrogen (secondary N) is 2. The van der Waals surface area contributed by atoms with Crippen LogP contribution in [0.4, 0.5) is 23.0 Å². The zero-order valence-electron chi connectivity index (χ0n) is 14.6. The SMILES string of the molecule is CCc1ccc(Nc2ncnc(NCc3ccc(Cl)cc3)c2[N+](=O)[O-])cc1. The highest BCUT2D eigenvalue weighted by atomic mass is 35.5. The monoisotopic (exact) mass is 383 g/mol. The van der Waals surface area contributed by atoms with Gasteiger partial charge in [0.1, 0.15) is 6.33 Å². The van der Waals surface area contributed by atoms with E-state index in [9.17, 15) is 10.1 Å². The zero-order chi connectivity index (χ0) is 19.2. The topological polar surface area (TPSA) is 93.0 Å². The molecule has 0 spiro atoms. The van der Waals surface area contributed by atoms with Gasteiger partial charge in [0.25, 0.3) is 0 Å². The molecule has 0 fully saturated rings. The highest BCUT2D eigenvalue weighted by Gasteiger charge is 2.23. The molecule has 0 atom stereocenters. The van der Waals surface area contributed by atoms with E-state index in [4.69, 9.17) is 11.6 Å². The first-order chi connectivity index (χ1) is 13.1. The lowest BCUT2D eigenvalue weighted by atomic mass is 10.1.